The molecule has 2 aromatic rings. The molecule has 1 aromatic heterocycles. The van der Waals surface area contributed by atoms with Crippen LogP contribution in [0.4, 0.5) is 18.9 Å². The molecule has 0 spiro atoms. The average Bonchev–Trinajstić information content (AvgIpc) is 2.57. The number of anilines is 1. The number of sulfonamides is 1. The van der Waals surface area contributed by atoms with Gasteiger partial charge >= 0.3 is 6.18 Å². The molecule has 0 aliphatic rings. The highest BCUT2D eigenvalue weighted by atomic mass is 32.2. The number of nitrogens with zero attached hydrogens (tertiary/aromatic N) is 2. The lowest BCUT2D eigenvalue weighted by molar-refractivity contribution is -0.137. The fraction of sp³-hybridized carbons (Fsp3) is 0.250. The van der Waals surface area contributed by atoms with Gasteiger partial charge in [0.05, 0.1) is 29.6 Å². The van der Waals surface area contributed by atoms with Gasteiger partial charge in [0.15, 0.2) is 0 Å². The lowest BCUT2D eigenvalue weighted by Crippen LogP contribution is -2.38. The molecule has 10 heteroatoms. The summed E-state index contributed by atoms with van der Waals surface area (Å²) >= 11 is 0. The van der Waals surface area contributed by atoms with Crippen molar-refractivity contribution in [3.63, 3.8) is 0 Å². The summed E-state index contributed by atoms with van der Waals surface area (Å²) in [5, 5.41) is 2.51. The molecular formula is C16H16F3N3O3S. The van der Waals surface area contributed by atoms with Gasteiger partial charge in [-0.15, -0.1) is 0 Å². The number of alkyl halides is 3. The Morgan fingerprint density at radius 2 is 1.96 bits per heavy atom. The van der Waals surface area contributed by atoms with Gasteiger partial charge in [0.1, 0.15) is 0 Å². The number of halogens is 3. The van der Waals surface area contributed by atoms with E-state index in [1.807, 2.05) is 0 Å². The summed E-state index contributed by atoms with van der Waals surface area (Å²) in [6.45, 7) is -0.302. The number of benzene rings is 1. The molecular weight excluding hydrogens is 371 g/mol. The molecule has 0 saturated carbocycles. The van der Waals surface area contributed by atoms with E-state index in [2.05, 4.69) is 10.3 Å². The van der Waals surface area contributed by atoms with Gasteiger partial charge < -0.3 is 5.32 Å². The summed E-state index contributed by atoms with van der Waals surface area (Å²) in [5.74, 6) is -0.462. The first-order valence-corrected chi connectivity index (χ1v) is 9.27. The number of carbonyl (C=O) groups excluding carboxylic acids is 1. The molecule has 0 fully saturated rings. The van der Waals surface area contributed by atoms with Crippen LogP contribution in [-0.4, -0.2) is 38.7 Å². The smallest absolute Gasteiger partial charge is 0.350 e. The van der Waals surface area contributed by atoms with Gasteiger partial charge in [0.2, 0.25) is 10.0 Å². The molecule has 1 aromatic carbocycles. The molecule has 1 heterocycles. The van der Waals surface area contributed by atoms with Crippen molar-refractivity contribution in [3.05, 3.63) is 59.9 Å². The summed E-state index contributed by atoms with van der Waals surface area (Å²) in [5.41, 5.74) is -0.793. The standard InChI is InChI=1S/C16H16F3N3O3S/c1-26(24,25)22(14-6-2-5-13(10-14)16(17,18)19)9-8-21-15(23)12-4-3-7-20-11-12/h2-7,10-11H,8-9H2,1H3,(H,21,23). The first-order chi connectivity index (χ1) is 12.1. The Kier molecular flexibility index (Phi) is 5.86. The van der Waals surface area contributed by atoms with Crippen molar-refractivity contribution in [2.45, 2.75) is 6.18 Å². The van der Waals surface area contributed by atoms with E-state index in [9.17, 15) is 26.4 Å². The number of amides is 1. The van der Waals surface area contributed by atoms with Gasteiger partial charge in [-0.2, -0.15) is 13.2 Å². The monoisotopic (exact) mass is 387 g/mol. The van der Waals surface area contributed by atoms with Gasteiger partial charge in [-0.3, -0.25) is 14.1 Å². The number of rotatable bonds is 6. The molecule has 2 rings (SSSR count). The van der Waals surface area contributed by atoms with Crippen LogP contribution in [-0.2, 0) is 16.2 Å². The van der Waals surface area contributed by atoms with Crippen LogP contribution in [0.2, 0.25) is 0 Å². The largest absolute Gasteiger partial charge is 0.416 e. The topological polar surface area (TPSA) is 79.4 Å². The van der Waals surface area contributed by atoms with Crippen molar-refractivity contribution in [2.24, 2.45) is 0 Å². The van der Waals surface area contributed by atoms with Gasteiger partial charge in [0, 0.05) is 18.9 Å². The van der Waals surface area contributed by atoms with Crippen molar-refractivity contribution >= 4 is 21.6 Å². The SMILES string of the molecule is CS(=O)(=O)N(CCNC(=O)c1cccnc1)c1cccc(C(F)(F)F)c1. The van der Waals surface area contributed by atoms with E-state index >= 15 is 0 Å². The van der Waals surface area contributed by atoms with Crippen LogP contribution in [0.1, 0.15) is 15.9 Å². The van der Waals surface area contributed by atoms with Crippen molar-refractivity contribution < 1.29 is 26.4 Å². The minimum absolute atomic E-state index is 0.0863. The zero-order valence-corrected chi connectivity index (χ0v) is 14.5. The van der Waals surface area contributed by atoms with E-state index in [-0.39, 0.29) is 24.3 Å². The molecule has 26 heavy (non-hydrogen) atoms. The molecule has 0 aliphatic heterocycles. The Hall–Kier alpha value is -2.62. The van der Waals surface area contributed by atoms with Crippen molar-refractivity contribution in [1.29, 1.82) is 0 Å². The summed E-state index contributed by atoms with van der Waals surface area (Å²) in [6.07, 6.45) is -0.865. The van der Waals surface area contributed by atoms with Crippen molar-refractivity contribution in [3.8, 4) is 0 Å². The number of aromatic nitrogens is 1. The molecule has 0 aliphatic carbocycles. The summed E-state index contributed by atoms with van der Waals surface area (Å²) in [6, 6.07) is 7.10. The average molecular weight is 387 g/mol. The number of hydrogen-bond acceptors (Lipinski definition) is 4. The highest BCUT2D eigenvalue weighted by Crippen LogP contribution is 2.32. The lowest BCUT2D eigenvalue weighted by atomic mass is 10.2. The van der Waals surface area contributed by atoms with Crippen LogP contribution in [0.15, 0.2) is 48.8 Å². The van der Waals surface area contributed by atoms with Crippen molar-refractivity contribution in [2.75, 3.05) is 23.7 Å². The second kappa shape index (κ2) is 7.73. The van der Waals surface area contributed by atoms with Crippen LogP contribution in [0.25, 0.3) is 0 Å². The molecule has 0 radical (unpaired) electrons. The third-order valence-corrected chi connectivity index (χ3v) is 4.58. The normalized spacial score (nSPS) is 11.8. The Morgan fingerprint density at radius 3 is 2.54 bits per heavy atom. The van der Waals surface area contributed by atoms with E-state index in [0.717, 1.165) is 28.8 Å². The Morgan fingerprint density at radius 1 is 1.23 bits per heavy atom. The zero-order chi connectivity index (χ0) is 19.4. The number of nitrogens with one attached hydrogen (secondary N) is 1. The zero-order valence-electron chi connectivity index (χ0n) is 13.7. The van der Waals surface area contributed by atoms with Crippen LogP contribution in [0.3, 0.4) is 0 Å². The van der Waals surface area contributed by atoms with Crippen LogP contribution in [0, 0.1) is 0 Å². The molecule has 0 saturated heterocycles. The number of pyridine rings is 1. The first kappa shape index (κ1) is 19.7. The maximum absolute atomic E-state index is 12.8. The van der Waals surface area contributed by atoms with E-state index in [4.69, 9.17) is 0 Å². The fourth-order valence-electron chi connectivity index (χ4n) is 2.19. The van der Waals surface area contributed by atoms with Crippen LogP contribution in [0.5, 0.6) is 0 Å². The molecule has 0 bridgehead atoms. The Labute approximate surface area is 148 Å². The maximum Gasteiger partial charge on any atom is 0.416 e. The van der Waals surface area contributed by atoms with E-state index in [1.54, 1.807) is 6.07 Å². The molecule has 1 N–H and O–H groups in total. The molecule has 6 nitrogen and oxygen atoms in total. The fourth-order valence-corrected chi connectivity index (χ4v) is 3.11. The number of carbonyl (C=O) groups is 1. The molecule has 1 amide bonds. The van der Waals surface area contributed by atoms with Gasteiger partial charge in [-0.1, -0.05) is 6.07 Å². The second-order valence-corrected chi connectivity index (χ2v) is 7.29. The van der Waals surface area contributed by atoms with Crippen molar-refractivity contribution in [1.82, 2.24) is 10.3 Å². The lowest BCUT2D eigenvalue weighted by Gasteiger charge is -2.23. The van der Waals surface area contributed by atoms with E-state index in [1.165, 1.54) is 24.5 Å². The minimum Gasteiger partial charge on any atom is -0.350 e. The van der Waals surface area contributed by atoms with Gasteiger partial charge in [-0.25, -0.2) is 8.42 Å². The second-order valence-electron chi connectivity index (χ2n) is 5.38. The summed E-state index contributed by atoms with van der Waals surface area (Å²) in [4.78, 5) is 15.7. The number of hydrogen-bond donors (Lipinski definition) is 1. The minimum atomic E-state index is -4.59. The van der Waals surface area contributed by atoms with E-state index in [0.29, 0.717) is 0 Å². The van der Waals surface area contributed by atoms with Gasteiger partial charge in [-0.05, 0) is 30.3 Å². The molecule has 140 valence electrons. The maximum atomic E-state index is 12.8. The highest BCUT2D eigenvalue weighted by Gasteiger charge is 2.31. The molecule has 0 unspecified atom stereocenters. The summed E-state index contributed by atoms with van der Waals surface area (Å²) < 4.78 is 63.3. The third kappa shape index (κ3) is 5.19. The summed E-state index contributed by atoms with van der Waals surface area (Å²) in [7, 11) is -3.84. The van der Waals surface area contributed by atoms with Gasteiger partial charge in [0.25, 0.3) is 5.91 Å². The predicted molar refractivity (Wildman–Crippen MR) is 90.2 cm³/mol. The van der Waals surface area contributed by atoms with E-state index < -0.39 is 27.7 Å². The molecule has 0 atom stereocenters. The highest BCUT2D eigenvalue weighted by molar-refractivity contribution is 7.92. The third-order valence-electron chi connectivity index (χ3n) is 3.39. The predicted octanol–water partition coefficient (Wildman–Crippen LogP) is 2.30. The van der Waals surface area contributed by atoms with Crippen LogP contribution >= 0.6 is 0 Å². The Bertz CT molecular complexity index is 871. The Balaban J connectivity index is 2.13. The quantitative estimate of drug-likeness (QED) is 0.825. The first-order valence-electron chi connectivity index (χ1n) is 7.42. The van der Waals surface area contributed by atoms with Crippen LogP contribution < -0.4 is 9.62 Å².